The standard InChI is InChI=1S/C18H24N4O/c1-13-3-2-4-17-15(13)11-19-22(17)10-7-18(23)20-16-12-21-8-5-14(16)6-9-21/h2-4,11,14,16H,5-10,12H2,1H3,(H,20,23). The SMILES string of the molecule is Cc1cccc2c1cnn2CCC(=O)NC1CN2CCC1CC2. The first-order valence-electron chi connectivity index (χ1n) is 8.63. The van der Waals surface area contributed by atoms with Crippen LogP contribution in [0.4, 0.5) is 0 Å². The van der Waals surface area contributed by atoms with Gasteiger partial charge in [-0.2, -0.15) is 5.10 Å². The maximum Gasteiger partial charge on any atom is 0.222 e. The summed E-state index contributed by atoms with van der Waals surface area (Å²) in [5.74, 6) is 0.831. The average Bonchev–Trinajstić information content (AvgIpc) is 2.99. The van der Waals surface area contributed by atoms with E-state index in [9.17, 15) is 4.79 Å². The normalized spacial score (nSPS) is 26.6. The van der Waals surface area contributed by atoms with Gasteiger partial charge in [-0.05, 0) is 50.4 Å². The fourth-order valence-corrected chi connectivity index (χ4v) is 4.04. The van der Waals surface area contributed by atoms with Crippen LogP contribution in [0.15, 0.2) is 24.4 Å². The van der Waals surface area contributed by atoms with Gasteiger partial charge in [0.2, 0.25) is 5.91 Å². The lowest BCUT2D eigenvalue weighted by atomic mass is 9.84. The number of carbonyl (C=O) groups excluding carboxylic acids is 1. The van der Waals surface area contributed by atoms with Gasteiger partial charge in [-0.3, -0.25) is 9.48 Å². The summed E-state index contributed by atoms with van der Waals surface area (Å²) in [6.45, 7) is 6.17. The van der Waals surface area contributed by atoms with Crippen molar-refractivity contribution < 1.29 is 4.79 Å². The van der Waals surface area contributed by atoms with E-state index in [2.05, 4.69) is 34.4 Å². The van der Waals surface area contributed by atoms with E-state index in [0.29, 0.717) is 24.9 Å². The molecule has 4 heterocycles. The van der Waals surface area contributed by atoms with Crippen molar-refractivity contribution in [3.8, 4) is 0 Å². The molecule has 5 heteroatoms. The number of aryl methyl sites for hydroxylation is 2. The molecular formula is C18H24N4O. The van der Waals surface area contributed by atoms with Gasteiger partial charge in [0.05, 0.1) is 18.3 Å². The Morgan fingerprint density at radius 3 is 2.91 bits per heavy atom. The number of aromatic nitrogens is 2. The van der Waals surface area contributed by atoms with Crippen molar-refractivity contribution in [2.75, 3.05) is 19.6 Å². The van der Waals surface area contributed by atoms with Gasteiger partial charge in [0.25, 0.3) is 0 Å². The van der Waals surface area contributed by atoms with Crippen molar-refractivity contribution in [3.63, 3.8) is 0 Å². The van der Waals surface area contributed by atoms with Crippen LogP contribution >= 0.6 is 0 Å². The molecule has 2 bridgehead atoms. The number of rotatable bonds is 4. The van der Waals surface area contributed by atoms with E-state index in [4.69, 9.17) is 0 Å². The number of nitrogens with zero attached hydrogens (tertiary/aromatic N) is 3. The van der Waals surface area contributed by atoms with Gasteiger partial charge in [-0.25, -0.2) is 0 Å². The molecule has 2 aromatic rings. The second-order valence-electron chi connectivity index (χ2n) is 6.94. The minimum absolute atomic E-state index is 0.153. The Morgan fingerprint density at radius 2 is 2.17 bits per heavy atom. The Morgan fingerprint density at radius 1 is 1.35 bits per heavy atom. The molecule has 23 heavy (non-hydrogen) atoms. The molecule has 1 aromatic heterocycles. The van der Waals surface area contributed by atoms with Crippen LogP contribution in [0, 0.1) is 12.8 Å². The molecule has 3 fully saturated rings. The zero-order valence-corrected chi connectivity index (χ0v) is 13.7. The van der Waals surface area contributed by atoms with Crippen LogP contribution in [-0.4, -0.2) is 46.3 Å². The quantitative estimate of drug-likeness (QED) is 0.939. The molecule has 5 rings (SSSR count). The molecule has 3 aliphatic heterocycles. The summed E-state index contributed by atoms with van der Waals surface area (Å²) in [6, 6.07) is 6.56. The minimum Gasteiger partial charge on any atom is -0.352 e. The maximum absolute atomic E-state index is 12.3. The number of hydrogen-bond acceptors (Lipinski definition) is 3. The van der Waals surface area contributed by atoms with Crippen molar-refractivity contribution in [1.29, 1.82) is 0 Å². The van der Waals surface area contributed by atoms with Crippen LogP contribution in [0.2, 0.25) is 0 Å². The summed E-state index contributed by atoms with van der Waals surface area (Å²) in [6.07, 6.45) is 4.85. The lowest BCUT2D eigenvalue weighted by Crippen LogP contribution is -2.57. The zero-order chi connectivity index (χ0) is 15.8. The molecule has 1 atom stereocenters. The first-order chi connectivity index (χ1) is 11.2. The first-order valence-corrected chi connectivity index (χ1v) is 8.63. The van der Waals surface area contributed by atoms with Gasteiger partial charge in [0.15, 0.2) is 0 Å². The summed E-state index contributed by atoms with van der Waals surface area (Å²) >= 11 is 0. The number of amides is 1. The van der Waals surface area contributed by atoms with E-state index in [1.54, 1.807) is 0 Å². The molecule has 0 spiro atoms. The number of nitrogens with one attached hydrogen (secondary N) is 1. The smallest absolute Gasteiger partial charge is 0.222 e. The average molecular weight is 312 g/mol. The zero-order valence-electron chi connectivity index (χ0n) is 13.7. The van der Waals surface area contributed by atoms with Gasteiger partial charge in [-0.1, -0.05) is 12.1 Å². The third-order valence-electron chi connectivity index (χ3n) is 5.46. The van der Waals surface area contributed by atoms with Crippen LogP contribution in [0.25, 0.3) is 10.9 Å². The Balaban J connectivity index is 1.37. The predicted molar refractivity (Wildman–Crippen MR) is 90.2 cm³/mol. The van der Waals surface area contributed by atoms with Gasteiger partial charge in [0.1, 0.15) is 0 Å². The van der Waals surface area contributed by atoms with Crippen LogP contribution in [-0.2, 0) is 11.3 Å². The summed E-state index contributed by atoms with van der Waals surface area (Å²) < 4.78 is 1.94. The Hall–Kier alpha value is -1.88. The highest BCUT2D eigenvalue weighted by Gasteiger charge is 2.34. The number of fused-ring (bicyclic) bond motifs is 4. The highest BCUT2D eigenvalue weighted by molar-refractivity contribution is 5.82. The number of piperidine rings is 3. The van der Waals surface area contributed by atoms with E-state index >= 15 is 0 Å². The Bertz CT molecular complexity index is 715. The fourth-order valence-electron chi connectivity index (χ4n) is 4.04. The van der Waals surface area contributed by atoms with E-state index in [1.165, 1.54) is 36.9 Å². The van der Waals surface area contributed by atoms with Crippen molar-refractivity contribution in [3.05, 3.63) is 30.0 Å². The Kier molecular flexibility index (Phi) is 3.81. The molecule has 0 saturated carbocycles. The summed E-state index contributed by atoms with van der Waals surface area (Å²) in [5, 5.41) is 8.86. The molecule has 0 aliphatic carbocycles. The highest BCUT2D eigenvalue weighted by atomic mass is 16.1. The van der Waals surface area contributed by atoms with Gasteiger partial charge in [-0.15, -0.1) is 0 Å². The molecule has 1 amide bonds. The molecule has 3 saturated heterocycles. The lowest BCUT2D eigenvalue weighted by Gasteiger charge is -2.44. The Labute approximate surface area is 136 Å². The summed E-state index contributed by atoms with van der Waals surface area (Å²) in [5.41, 5.74) is 2.34. The topological polar surface area (TPSA) is 50.2 Å². The van der Waals surface area contributed by atoms with Crippen molar-refractivity contribution in [2.24, 2.45) is 5.92 Å². The molecule has 1 aromatic carbocycles. The molecular weight excluding hydrogens is 288 g/mol. The maximum atomic E-state index is 12.3. The number of hydrogen-bond donors (Lipinski definition) is 1. The van der Waals surface area contributed by atoms with Gasteiger partial charge in [0, 0.05) is 24.4 Å². The van der Waals surface area contributed by atoms with Crippen LogP contribution in [0.5, 0.6) is 0 Å². The molecule has 1 unspecified atom stereocenters. The second-order valence-corrected chi connectivity index (χ2v) is 6.94. The highest BCUT2D eigenvalue weighted by Crippen LogP contribution is 2.27. The largest absolute Gasteiger partial charge is 0.352 e. The number of carbonyl (C=O) groups is 1. The minimum atomic E-state index is 0.153. The van der Waals surface area contributed by atoms with E-state index in [0.717, 1.165) is 12.1 Å². The van der Waals surface area contributed by atoms with Crippen molar-refractivity contribution in [1.82, 2.24) is 20.0 Å². The van der Waals surface area contributed by atoms with E-state index in [-0.39, 0.29) is 5.91 Å². The second kappa shape index (κ2) is 5.96. The fraction of sp³-hybridized carbons (Fsp3) is 0.556. The monoisotopic (exact) mass is 312 g/mol. The molecule has 122 valence electrons. The van der Waals surface area contributed by atoms with Gasteiger partial charge >= 0.3 is 0 Å². The molecule has 1 N–H and O–H groups in total. The third-order valence-corrected chi connectivity index (χ3v) is 5.46. The van der Waals surface area contributed by atoms with Crippen LogP contribution in [0.1, 0.15) is 24.8 Å². The summed E-state index contributed by atoms with van der Waals surface area (Å²) in [4.78, 5) is 14.8. The molecule has 5 nitrogen and oxygen atoms in total. The molecule has 3 aliphatic rings. The molecule has 0 radical (unpaired) electrons. The van der Waals surface area contributed by atoms with Crippen molar-refractivity contribution in [2.45, 2.75) is 38.8 Å². The van der Waals surface area contributed by atoms with Crippen LogP contribution < -0.4 is 5.32 Å². The first kappa shape index (κ1) is 14.7. The van der Waals surface area contributed by atoms with E-state index in [1.807, 2.05) is 16.9 Å². The lowest BCUT2D eigenvalue weighted by molar-refractivity contribution is -0.123. The van der Waals surface area contributed by atoms with Crippen LogP contribution in [0.3, 0.4) is 0 Å². The van der Waals surface area contributed by atoms with Gasteiger partial charge < -0.3 is 10.2 Å². The number of benzene rings is 1. The van der Waals surface area contributed by atoms with E-state index < -0.39 is 0 Å². The predicted octanol–water partition coefficient (Wildman–Crippen LogP) is 1.95. The van der Waals surface area contributed by atoms with Crippen molar-refractivity contribution >= 4 is 16.8 Å². The third kappa shape index (κ3) is 2.85. The summed E-state index contributed by atoms with van der Waals surface area (Å²) in [7, 11) is 0.